The molecule has 1 heterocycles. The molecule has 4 nitrogen and oxygen atoms in total. The lowest BCUT2D eigenvalue weighted by molar-refractivity contribution is 0.102. The summed E-state index contributed by atoms with van der Waals surface area (Å²) < 4.78 is 26.2. The smallest absolute Gasteiger partial charge is 0.255 e. The molecule has 144 valence electrons. The van der Waals surface area contributed by atoms with Crippen molar-refractivity contribution in [3.63, 3.8) is 0 Å². The summed E-state index contributed by atoms with van der Waals surface area (Å²) in [5.41, 5.74) is 2.63. The molecule has 1 amide bonds. The van der Waals surface area contributed by atoms with Crippen LogP contribution in [-0.2, 0) is 5.41 Å². The molecule has 0 aliphatic heterocycles. The highest BCUT2D eigenvalue weighted by Crippen LogP contribution is 2.23. The summed E-state index contributed by atoms with van der Waals surface area (Å²) in [6.45, 7) is 6.34. The molecule has 6 heteroatoms. The minimum absolute atomic E-state index is 0.0230. The lowest BCUT2D eigenvalue weighted by Gasteiger charge is -2.19. The van der Waals surface area contributed by atoms with Crippen molar-refractivity contribution in [3.8, 4) is 0 Å². The first-order valence-electron chi connectivity index (χ1n) is 8.82. The Morgan fingerprint density at radius 1 is 0.893 bits per heavy atom. The van der Waals surface area contributed by atoms with Gasteiger partial charge in [-0.3, -0.25) is 4.79 Å². The lowest BCUT2D eigenvalue weighted by Crippen LogP contribution is -2.14. The van der Waals surface area contributed by atoms with Crippen LogP contribution in [-0.4, -0.2) is 10.9 Å². The average Bonchev–Trinajstić information content (AvgIpc) is 2.66. The number of nitrogens with zero attached hydrogens (tertiary/aromatic N) is 1. The summed E-state index contributed by atoms with van der Waals surface area (Å²) in [5, 5.41) is 5.66. The van der Waals surface area contributed by atoms with Gasteiger partial charge in [-0.25, -0.2) is 13.8 Å². The number of nitrogens with one attached hydrogen (secondary N) is 2. The normalized spacial score (nSPS) is 11.2. The first kappa shape index (κ1) is 19.5. The van der Waals surface area contributed by atoms with Crippen molar-refractivity contribution >= 4 is 23.1 Å². The molecule has 3 aromatic rings. The fourth-order valence-corrected chi connectivity index (χ4v) is 2.59. The second-order valence-electron chi connectivity index (χ2n) is 7.47. The largest absolute Gasteiger partial charge is 0.340 e. The van der Waals surface area contributed by atoms with Gasteiger partial charge in [0.25, 0.3) is 5.91 Å². The molecule has 0 atom stereocenters. The van der Waals surface area contributed by atoms with Gasteiger partial charge in [-0.1, -0.05) is 32.9 Å². The van der Waals surface area contributed by atoms with Gasteiger partial charge >= 0.3 is 0 Å². The van der Waals surface area contributed by atoms with Crippen LogP contribution in [0.25, 0.3) is 0 Å². The minimum Gasteiger partial charge on any atom is -0.340 e. The van der Waals surface area contributed by atoms with Crippen LogP contribution in [0.2, 0.25) is 0 Å². The summed E-state index contributed by atoms with van der Waals surface area (Å²) in [6.07, 6.45) is 1.49. The number of halogens is 2. The molecule has 2 aromatic carbocycles. The van der Waals surface area contributed by atoms with E-state index in [4.69, 9.17) is 0 Å². The minimum atomic E-state index is -0.939. The third-order valence-electron chi connectivity index (χ3n) is 4.23. The monoisotopic (exact) mass is 381 g/mol. The molecule has 1 aromatic heterocycles. The second kappa shape index (κ2) is 7.76. The maximum atomic E-state index is 13.3. The Bertz CT molecular complexity index is 978. The van der Waals surface area contributed by atoms with E-state index in [0.717, 1.165) is 17.7 Å². The van der Waals surface area contributed by atoms with Gasteiger partial charge in [0.2, 0.25) is 0 Å². The Hall–Kier alpha value is -3.28. The molecular weight excluding hydrogens is 360 g/mol. The van der Waals surface area contributed by atoms with E-state index in [1.54, 1.807) is 24.3 Å². The number of pyridine rings is 1. The van der Waals surface area contributed by atoms with Gasteiger partial charge in [0.1, 0.15) is 5.82 Å². The zero-order valence-electron chi connectivity index (χ0n) is 15.9. The highest BCUT2D eigenvalue weighted by molar-refractivity contribution is 6.04. The average molecular weight is 381 g/mol. The number of aromatic nitrogens is 1. The molecule has 0 aliphatic rings. The van der Waals surface area contributed by atoms with Crippen LogP contribution < -0.4 is 10.6 Å². The van der Waals surface area contributed by atoms with Crippen LogP contribution in [0, 0.1) is 11.6 Å². The van der Waals surface area contributed by atoms with E-state index in [1.165, 1.54) is 12.3 Å². The summed E-state index contributed by atoms with van der Waals surface area (Å²) in [5.74, 6) is -1.64. The van der Waals surface area contributed by atoms with Crippen molar-refractivity contribution in [2.75, 3.05) is 10.6 Å². The molecule has 0 fully saturated rings. The van der Waals surface area contributed by atoms with Crippen LogP contribution >= 0.6 is 0 Å². The maximum absolute atomic E-state index is 13.3. The highest BCUT2D eigenvalue weighted by atomic mass is 19.2. The van der Waals surface area contributed by atoms with Crippen molar-refractivity contribution in [2.45, 2.75) is 26.2 Å². The zero-order chi connectivity index (χ0) is 20.3. The number of hydrogen-bond donors (Lipinski definition) is 2. The van der Waals surface area contributed by atoms with Crippen molar-refractivity contribution < 1.29 is 13.6 Å². The molecule has 0 spiro atoms. The third-order valence-corrected chi connectivity index (χ3v) is 4.23. The first-order valence-corrected chi connectivity index (χ1v) is 8.82. The molecule has 0 unspecified atom stereocenters. The van der Waals surface area contributed by atoms with Crippen molar-refractivity contribution in [1.82, 2.24) is 4.98 Å². The molecular formula is C22H21F2N3O. The Kier molecular flexibility index (Phi) is 5.40. The van der Waals surface area contributed by atoms with E-state index in [9.17, 15) is 13.6 Å². The fraction of sp³-hybridized carbons (Fsp3) is 0.182. The molecule has 28 heavy (non-hydrogen) atoms. The Labute approximate surface area is 162 Å². The molecule has 3 rings (SSSR count). The highest BCUT2D eigenvalue weighted by Gasteiger charge is 2.14. The number of amides is 1. The number of rotatable bonds is 4. The SMILES string of the molecule is CC(C)(C)c1ccc(C(=O)Nc2ccc(Nc3ccc(F)c(F)c3)nc2)cc1. The Balaban J connectivity index is 1.65. The molecule has 0 bridgehead atoms. The maximum Gasteiger partial charge on any atom is 0.255 e. The van der Waals surface area contributed by atoms with Crippen molar-refractivity contribution in [2.24, 2.45) is 0 Å². The van der Waals surface area contributed by atoms with Gasteiger partial charge in [-0.2, -0.15) is 0 Å². The van der Waals surface area contributed by atoms with Gasteiger partial charge < -0.3 is 10.6 Å². The van der Waals surface area contributed by atoms with Crippen LogP contribution in [0.3, 0.4) is 0 Å². The van der Waals surface area contributed by atoms with Gasteiger partial charge in [0.05, 0.1) is 11.9 Å². The quantitative estimate of drug-likeness (QED) is 0.614. The summed E-state index contributed by atoms with van der Waals surface area (Å²) in [7, 11) is 0. The summed E-state index contributed by atoms with van der Waals surface area (Å²) in [6, 6.07) is 14.3. The number of hydrogen-bond acceptors (Lipinski definition) is 3. The Morgan fingerprint density at radius 3 is 2.14 bits per heavy atom. The van der Waals surface area contributed by atoms with Gasteiger partial charge in [0.15, 0.2) is 11.6 Å². The molecule has 0 aliphatic carbocycles. The standard InChI is InChI=1S/C22H21F2N3O/c1-22(2,3)15-6-4-14(5-7-15)21(28)27-17-9-11-20(25-13-17)26-16-8-10-18(23)19(24)12-16/h4-13H,1-3H3,(H,25,26)(H,27,28). The van der Waals surface area contributed by atoms with E-state index >= 15 is 0 Å². The lowest BCUT2D eigenvalue weighted by atomic mass is 9.87. The van der Waals surface area contributed by atoms with Crippen molar-refractivity contribution in [3.05, 3.63) is 83.6 Å². The van der Waals surface area contributed by atoms with Crippen LogP contribution in [0.1, 0.15) is 36.7 Å². The molecule has 0 radical (unpaired) electrons. The van der Waals surface area contributed by atoms with Crippen LogP contribution in [0.15, 0.2) is 60.8 Å². The zero-order valence-corrected chi connectivity index (χ0v) is 15.9. The fourth-order valence-electron chi connectivity index (χ4n) is 2.59. The van der Waals surface area contributed by atoms with Crippen LogP contribution in [0.4, 0.5) is 26.0 Å². The van der Waals surface area contributed by atoms with E-state index in [0.29, 0.717) is 22.8 Å². The van der Waals surface area contributed by atoms with E-state index in [2.05, 4.69) is 36.4 Å². The Morgan fingerprint density at radius 2 is 1.57 bits per heavy atom. The van der Waals surface area contributed by atoms with E-state index < -0.39 is 11.6 Å². The van der Waals surface area contributed by atoms with Gasteiger partial charge in [-0.05, 0) is 47.4 Å². The second-order valence-corrected chi connectivity index (χ2v) is 7.47. The first-order chi connectivity index (χ1) is 13.2. The van der Waals surface area contributed by atoms with E-state index in [-0.39, 0.29) is 11.3 Å². The van der Waals surface area contributed by atoms with Gasteiger partial charge in [-0.15, -0.1) is 0 Å². The van der Waals surface area contributed by atoms with Crippen LogP contribution in [0.5, 0.6) is 0 Å². The molecule has 0 saturated heterocycles. The predicted molar refractivity (Wildman–Crippen MR) is 107 cm³/mol. The number of anilines is 3. The summed E-state index contributed by atoms with van der Waals surface area (Å²) >= 11 is 0. The molecule has 0 saturated carbocycles. The number of carbonyl (C=O) groups is 1. The van der Waals surface area contributed by atoms with Gasteiger partial charge in [0, 0.05) is 17.3 Å². The number of carbonyl (C=O) groups excluding carboxylic acids is 1. The topological polar surface area (TPSA) is 54.0 Å². The van der Waals surface area contributed by atoms with Crippen molar-refractivity contribution in [1.29, 1.82) is 0 Å². The third kappa shape index (κ3) is 4.71. The molecule has 2 N–H and O–H groups in total. The predicted octanol–water partition coefficient (Wildman–Crippen LogP) is 5.65. The number of benzene rings is 2. The van der Waals surface area contributed by atoms with E-state index in [1.807, 2.05) is 12.1 Å². The summed E-state index contributed by atoms with van der Waals surface area (Å²) in [4.78, 5) is 16.6.